The van der Waals surface area contributed by atoms with E-state index in [1.165, 1.54) is 0 Å². The van der Waals surface area contributed by atoms with Crippen LogP contribution in [0.4, 0.5) is 5.69 Å². The lowest BCUT2D eigenvalue weighted by Crippen LogP contribution is -2.49. The van der Waals surface area contributed by atoms with Crippen LogP contribution in [-0.4, -0.2) is 84.1 Å². The standard InChI is InChI=1S/C23H35N3O5/c1-3-16(4-2)23(30)24-15-19-22(29)21(28)18(31-19)14-20(27)26-12-10-25(11-13-26)17-8-6-5-7-9-17/h5-9,16,18-19,21-22,28-29H,3-4,10-15H2,1-2H3,(H,24,30). The monoisotopic (exact) mass is 433 g/mol. The summed E-state index contributed by atoms with van der Waals surface area (Å²) >= 11 is 0. The van der Waals surface area contributed by atoms with Crippen LogP contribution < -0.4 is 10.2 Å². The zero-order valence-electron chi connectivity index (χ0n) is 18.4. The van der Waals surface area contributed by atoms with Gasteiger partial charge in [-0.2, -0.15) is 0 Å². The Hall–Kier alpha value is -2.16. The van der Waals surface area contributed by atoms with E-state index in [-0.39, 0.29) is 30.7 Å². The summed E-state index contributed by atoms with van der Waals surface area (Å²) in [5, 5.41) is 23.5. The number of benzene rings is 1. The van der Waals surface area contributed by atoms with Crippen LogP contribution in [0.5, 0.6) is 0 Å². The molecule has 1 aromatic carbocycles. The zero-order chi connectivity index (χ0) is 22.4. The number of piperazine rings is 1. The normalized spacial score (nSPS) is 26.4. The van der Waals surface area contributed by atoms with E-state index in [4.69, 9.17) is 4.74 Å². The Morgan fingerprint density at radius 1 is 1.03 bits per heavy atom. The largest absolute Gasteiger partial charge is 0.388 e. The lowest BCUT2D eigenvalue weighted by atomic mass is 10.0. The number of hydrogen-bond acceptors (Lipinski definition) is 6. The van der Waals surface area contributed by atoms with Crippen molar-refractivity contribution >= 4 is 17.5 Å². The molecule has 0 aromatic heterocycles. The summed E-state index contributed by atoms with van der Waals surface area (Å²) in [4.78, 5) is 28.9. The molecule has 2 aliphatic heterocycles. The highest BCUT2D eigenvalue weighted by Gasteiger charge is 2.44. The molecule has 0 saturated carbocycles. The molecule has 0 aliphatic carbocycles. The number of anilines is 1. The summed E-state index contributed by atoms with van der Waals surface area (Å²) in [6.45, 7) is 6.74. The van der Waals surface area contributed by atoms with Crippen LogP contribution in [-0.2, 0) is 14.3 Å². The highest BCUT2D eigenvalue weighted by molar-refractivity contribution is 5.78. The van der Waals surface area contributed by atoms with Gasteiger partial charge in [-0.3, -0.25) is 9.59 Å². The van der Waals surface area contributed by atoms with Gasteiger partial charge in [0, 0.05) is 44.3 Å². The zero-order valence-corrected chi connectivity index (χ0v) is 18.4. The van der Waals surface area contributed by atoms with Gasteiger partial charge in [0.05, 0.1) is 12.5 Å². The van der Waals surface area contributed by atoms with Crippen LogP contribution in [0, 0.1) is 5.92 Å². The fourth-order valence-corrected chi connectivity index (χ4v) is 4.32. The molecule has 172 valence electrons. The Morgan fingerprint density at radius 2 is 1.65 bits per heavy atom. The number of rotatable bonds is 8. The number of hydrogen-bond donors (Lipinski definition) is 3. The molecule has 2 saturated heterocycles. The molecule has 1 aromatic rings. The second-order valence-electron chi connectivity index (χ2n) is 8.36. The summed E-state index contributed by atoms with van der Waals surface area (Å²) in [7, 11) is 0. The number of nitrogens with zero attached hydrogens (tertiary/aromatic N) is 2. The van der Waals surface area contributed by atoms with Crippen molar-refractivity contribution in [1.29, 1.82) is 0 Å². The number of ether oxygens (including phenoxy) is 1. The molecular formula is C23H35N3O5. The van der Waals surface area contributed by atoms with Gasteiger partial charge in [0.15, 0.2) is 0 Å². The molecule has 2 aliphatic rings. The predicted octanol–water partition coefficient (Wildman–Crippen LogP) is 0.767. The predicted molar refractivity (Wildman–Crippen MR) is 118 cm³/mol. The molecule has 4 unspecified atom stereocenters. The van der Waals surface area contributed by atoms with Gasteiger partial charge >= 0.3 is 0 Å². The second-order valence-corrected chi connectivity index (χ2v) is 8.36. The van der Waals surface area contributed by atoms with Gasteiger partial charge < -0.3 is 30.1 Å². The quantitative estimate of drug-likeness (QED) is 0.560. The molecular weight excluding hydrogens is 398 g/mol. The lowest BCUT2D eigenvalue weighted by molar-refractivity contribution is -0.136. The molecule has 2 fully saturated rings. The van der Waals surface area contributed by atoms with E-state index >= 15 is 0 Å². The fraction of sp³-hybridized carbons (Fsp3) is 0.652. The topological polar surface area (TPSA) is 102 Å². The van der Waals surface area contributed by atoms with E-state index < -0.39 is 24.4 Å². The molecule has 0 radical (unpaired) electrons. The third-order valence-electron chi connectivity index (χ3n) is 6.42. The Balaban J connectivity index is 1.46. The van der Waals surface area contributed by atoms with Crippen LogP contribution in [0.25, 0.3) is 0 Å². The van der Waals surface area contributed by atoms with Gasteiger partial charge in [0.25, 0.3) is 0 Å². The van der Waals surface area contributed by atoms with Crippen LogP contribution in [0.3, 0.4) is 0 Å². The molecule has 4 atom stereocenters. The molecule has 3 rings (SSSR count). The highest BCUT2D eigenvalue weighted by Crippen LogP contribution is 2.25. The van der Waals surface area contributed by atoms with Crippen molar-refractivity contribution in [2.24, 2.45) is 5.92 Å². The third kappa shape index (κ3) is 5.75. The number of nitrogens with one attached hydrogen (secondary N) is 1. The first kappa shape index (κ1) is 23.5. The van der Waals surface area contributed by atoms with E-state index in [0.717, 1.165) is 31.6 Å². The van der Waals surface area contributed by atoms with E-state index in [1.807, 2.05) is 32.0 Å². The minimum atomic E-state index is -1.15. The second kappa shape index (κ2) is 10.9. The number of carbonyl (C=O) groups excluding carboxylic acids is 2. The summed E-state index contributed by atoms with van der Waals surface area (Å²) < 4.78 is 5.76. The van der Waals surface area contributed by atoms with Crippen LogP contribution in [0.1, 0.15) is 33.1 Å². The molecule has 8 nitrogen and oxygen atoms in total. The maximum atomic E-state index is 12.8. The first-order valence-corrected chi connectivity index (χ1v) is 11.3. The van der Waals surface area contributed by atoms with Gasteiger partial charge in [-0.15, -0.1) is 0 Å². The minimum Gasteiger partial charge on any atom is -0.388 e. The summed E-state index contributed by atoms with van der Waals surface area (Å²) in [6, 6.07) is 10.1. The van der Waals surface area contributed by atoms with Crippen LogP contribution in [0.2, 0.25) is 0 Å². The molecule has 31 heavy (non-hydrogen) atoms. The SMILES string of the molecule is CCC(CC)C(=O)NCC1OC(CC(=O)N2CCN(c3ccccc3)CC2)C(O)C1O. The number of aliphatic hydroxyl groups excluding tert-OH is 2. The van der Waals surface area contributed by atoms with Gasteiger partial charge in [-0.25, -0.2) is 0 Å². The average Bonchev–Trinajstić information content (AvgIpc) is 3.07. The third-order valence-corrected chi connectivity index (χ3v) is 6.42. The van der Waals surface area contributed by atoms with Crippen molar-refractivity contribution in [3.05, 3.63) is 30.3 Å². The molecule has 8 heteroatoms. The molecule has 0 spiro atoms. The van der Waals surface area contributed by atoms with E-state index in [0.29, 0.717) is 13.1 Å². The Morgan fingerprint density at radius 3 is 2.26 bits per heavy atom. The Kier molecular flexibility index (Phi) is 8.28. The van der Waals surface area contributed by atoms with E-state index in [1.54, 1.807) is 4.90 Å². The van der Waals surface area contributed by atoms with Gasteiger partial charge in [-0.05, 0) is 25.0 Å². The number of aliphatic hydroxyl groups is 2. The molecule has 3 N–H and O–H groups in total. The maximum Gasteiger partial charge on any atom is 0.225 e. The number of para-hydroxylation sites is 1. The maximum absolute atomic E-state index is 12.8. The van der Waals surface area contributed by atoms with Crippen molar-refractivity contribution in [3.63, 3.8) is 0 Å². The fourth-order valence-electron chi connectivity index (χ4n) is 4.32. The molecule has 2 heterocycles. The lowest BCUT2D eigenvalue weighted by Gasteiger charge is -2.36. The summed E-state index contributed by atoms with van der Waals surface area (Å²) in [6.07, 6.45) is -2.27. The Bertz CT molecular complexity index is 719. The van der Waals surface area contributed by atoms with Crippen LogP contribution in [0.15, 0.2) is 30.3 Å². The smallest absolute Gasteiger partial charge is 0.225 e. The van der Waals surface area contributed by atoms with Crippen molar-refractivity contribution < 1.29 is 24.5 Å². The Labute approximate surface area is 184 Å². The van der Waals surface area contributed by atoms with E-state index in [9.17, 15) is 19.8 Å². The average molecular weight is 434 g/mol. The van der Waals surface area contributed by atoms with Gasteiger partial charge in [-0.1, -0.05) is 32.0 Å². The van der Waals surface area contributed by atoms with Crippen molar-refractivity contribution in [3.8, 4) is 0 Å². The minimum absolute atomic E-state index is 0.0144. The van der Waals surface area contributed by atoms with E-state index in [2.05, 4.69) is 22.3 Å². The number of carbonyl (C=O) groups is 2. The molecule has 0 bridgehead atoms. The first-order chi connectivity index (χ1) is 14.9. The summed E-state index contributed by atoms with van der Waals surface area (Å²) in [5.41, 5.74) is 1.14. The number of amides is 2. The van der Waals surface area contributed by atoms with Crippen molar-refractivity contribution in [2.45, 2.75) is 57.5 Å². The summed E-state index contributed by atoms with van der Waals surface area (Å²) in [5.74, 6) is -0.243. The first-order valence-electron chi connectivity index (χ1n) is 11.3. The molecule has 2 amide bonds. The highest BCUT2D eigenvalue weighted by atomic mass is 16.5. The van der Waals surface area contributed by atoms with Crippen molar-refractivity contribution in [1.82, 2.24) is 10.2 Å². The van der Waals surface area contributed by atoms with Crippen LogP contribution >= 0.6 is 0 Å². The van der Waals surface area contributed by atoms with Crippen molar-refractivity contribution in [2.75, 3.05) is 37.6 Å². The van der Waals surface area contributed by atoms with Gasteiger partial charge in [0.2, 0.25) is 11.8 Å². The van der Waals surface area contributed by atoms with Gasteiger partial charge in [0.1, 0.15) is 18.3 Å².